The summed E-state index contributed by atoms with van der Waals surface area (Å²) in [5.74, 6) is 0.00449. The molecule has 0 aromatic carbocycles. The number of amides is 1. The van der Waals surface area contributed by atoms with Gasteiger partial charge < -0.3 is 15.8 Å². The Balaban J connectivity index is 1.73. The number of nitrogens with two attached hydrogens (primary N) is 1. The minimum Gasteiger partial charge on any atom is -0.385 e. The van der Waals surface area contributed by atoms with Gasteiger partial charge in [-0.15, -0.1) is 0 Å². The van der Waals surface area contributed by atoms with Gasteiger partial charge in [0.15, 0.2) is 0 Å². The summed E-state index contributed by atoms with van der Waals surface area (Å²) in [4.78, 5) is 14.5. The molecule has 0 spiro atoms. The Hall–Kier alpha value is -0.650. The molecule has 2 saturated heterocycles. The third-order valence-electron chi connectivity index (χ3n) is 4.13. The van der Waals surface area contributed by atoms with Crippen molar-refractivity contribution in [2.24, 2.45) is 5.73 Å². The first-order valence-corrected chi connectivity index (χ1v) is 7.01. The smallest absolute Gasteiger partial charge is 0.237 e. The van der Waals surface area contributed by atoms with Gasteiger partial charge in [0.25, 0.3) is 0 Å². The third kappa shape index (κ3) is 3.22. The fourth-order valence-electron chi connectivity index (χ4n) is 3.12. The Kier molecular flexibility index (Phi) is 4.97. The highest BCUT2D eigenvalue weighted by atomic mass is 16.5. The van der Waals surface area contributed by atoms with Crippen LogP contribution in [0.2, 0.25) is 0 Å². The van der Waals surface area contributed by atoms with Gasteiger partial charge in [-0.2, -0.15) is 0 Å². The zero-order valence-corrected chi connectivity index (χ0v) is 11.2. The Bertz CT molecular complexity index is 285. The number of hydrogen-bond acceptors (Lipinski definition) is 4. The Morgan fingerprint density at radius 2 is 2.33 bits per heavy atom. The Morgan fingerprint density at radius 3 is 3.11 bits per heavy atom. The molecule has 2 fully saturated rings. The topological polar surface area (TPSA) is 67.6 Å². The minimum absolute atomic E-state index is 0.00449. The van der Waals surface area contributed by atoms with E-state index in [0.717, 1.165) is 19.4 Å². The first-order valence-electron chi connectivity index (χ1n) is 7.01. The molecule has 1 amide bonds. The first-order chi connectivity index (χ1) is 8.72. The van der Waals surface area contributed by atoms with Crippen molar-refractivity contribution in [2.45, 2.75) is 50.2 Å². The van der Waals surface area contributed by atoms with Gasteiger partial charge in [0, 0.05) is 32.3 Å². The quantitative estimate of drug-likeness (QED) is 0.660. The van der Waals surface area contributed by atoms with Crippen LogP contribution in [0.5, 0.6) is 0 Å². The number of carbonyl (C=O) groups excluding carboxylic acids is 1. The number of fused-ring (bicyclic) bond motifs is 1. The molecule has 2 aliphatic heterocycles. The molecule has 0 radical (unpaired) electrons. The molecule has 0 bridgehead atoms. The van der Waals surface area contributed by atoms with Crippen molar-refractivity contribution in [1.29, 1.82) is 0 Å². The number of ether oxygens (including phenoxy) is 1. The van der Waals surface area contributed by atoms with Gasteiger partial charge in [0.2, 0.25) is 5.91 Å². The second-order valence-corrected chi connectivity index (χ2v) is 5.39. The van der Waals surface area contributed by atoms with Crippen LogP contribution < -0.4 is 11.1 Å². The van der Waals surface area contributed by atoms with E-state index in [0.29, 0.717) is 25.1 Å². The van der Waals surface area contributed by atoms with Crippen LogP contribution in [0, 0.1) is 0 Å². The van der Waals surface area contributed by atoms with E-state index in [1.165, 1.54) is 19.4 Å². The molecular weight excluding hydrogens is 230 g/mol. The molecule has 2 heterocycles. The Morgan fingerprint density at radius 1 is 1.50 bits per heavy atom. The lowest BCUT2D eigenvalue weighted by atomic mass is 10.1. The van der Waals surface area contributed by atoms with Crippen LogP contribution in [0.4, 0.5) is 0 Å². The predicted octanol–water partition coefficient (Wildman–Crippen LogP) is 0.0932. The van der Waals surface area contributed by atoms with E-state index >= 15 is 0 Å². The summed E-state index contributed by atoms with van der Waals surface area (Å²) in [5, 5.41) is 3.13. The van der Waals surface area contributed by atoms with Gasteiger partial charge >= 0.3 is 0 Å². The zero-order valence-electron chi connectivity index (χ0n) is 11.2. The number of hydrogen-bond donors (Lipinski definition) is 2. The number of methoxy groups -OCH3 is 1. The lowest BCUT2D eigenvalue weighted by Crippen LogP contribution is -2.49. The predicted molar refractivity (Wildman–Crippen MR) is 70.2 cm³/mol. The molecular formula is C13H25N3O2. The molecule has 3 N–H and O–H groups in total. The monoisotopic (exact) mass is 255 g/mol. The van der Waals surface area contributed by atoms with Gasteiger partial charge in [0.05, 0.1) is 6.04 Å². The molecule has 2 rings (SSSR count). The maximum Gasteiger partial charge on any atom is 0.237 e. The maximum absolute atomic E-state index is 12.0. The Labute approximate surface area is 109 Å². The van der Waals surface area contributed by atoms with E-state index in [-0.39, 0.29) is 5.91 Å². The summed E-state index contributed by atoms with van der Waals surface area (Å²) < 4.78 is 4.97. The highest BCUT2D eigenvalue weighted by molar-refractivity contribution is 5.81. The van der Waals surface area contributed by atoms with E-state index in [1.54, 1.807) is 7.11 Å². The lowest BCUT2D eigenvalue weighted by molar-refractivity contribution is -0.123. The number of carbonyl (C=O) groups is 1. The number of nitrogens with one attached hydrogen (secondary N) is 1. The standard InChI is InChI=1S/C13H25N3O2/c1-18-9-3-4-10(14)13(17)15-11-6-8-16-7-2-5-12(11)16/h10-12H,2-9,14H2,1H3,(H,15,17). The molecule has 104 valence electrons. The maximum atomic E-state index is 12.0. The number of rotatable bonds is 6. The van der Waals surface area contributed by atoms with Gasteiger partial charge in [-0.3, -0.25) is 9.69 Å². The van der Waals surface area contributed by atoms with Gasteiger partial charge in [-0.05, 0) is 38.6 Å². The van der Waals surface area contributed by atoms with Crippen molar-refractivity contribution in [3.8, 4) is 0 Å². The molecule has 5 nitrogen and oxygen atoms in total. The van der Waals surface area contributed by atoms with E-state index in [2.05, 4.69) is 10.2 Å². The highest BCUT2D eigenvalue weighted by Crippen LogP contribution is 2.27. The minimum atomic E-state index is -0.393. The molecule has 3 atom stereocenters. The second-order valence-electron chi connectivity index (χ2n) is 5.39. The van der Waals surface area contributed by atoms with Crippen LogP contribution in [0.15, 0.2) is 0 Å². The van der Waals surface area contributed by atoms with E-state index in [9.17, 15) is 4.79 Å². The summed E-state index contributed by atoms with van der Waals surface area (Å²) in [5.41, 5.74) is 5.89. The van der Waals surface area contributed by atoms with Crippen LogP contribution >= 0.6 is 0 Å². The van der Waals surface area contributed by atoms with E-state index in [4.69, 9.17) is 10.5 Å². The largest absolute Gasteiger partial charge is 0.385 e. The van der Waals surface area contributed by atoms with Crippen molar-refractivity contribution in [1.82, 2.24) is 10.2 Å². The first kappa shape index (κ1) is 13.8. The van der Waals surface area contributed by atoms with E-state index in [1.807, 2.05) is 0 Å². The molecule has 5 heteroatoms. The van der Waals surface area contributed by atoms with Crippen LogP contribution in [0.3, 0.4) is 0 Å². The van der Waals surface area contributed by atoms with Crippen LogP contribution in [0.25, 0.3) is 0 Å². The average molecular weight is 255 g/mol. The highest BCUT2D eigenvalue weighted by Gasteiger charge is 2.38. The van der Waals surface area contributed by atoms with Gasteiger partial charge in [0.1, 0.15) is 0 Å². The summed E-state index contributed by atoms with van der Waals surface area (Å²) in [7, 11) is 1.67. The summed E-state index contributed by atoms with van der Waals surface area (Å²) >= 11 is 0. The second kappa shape index (κ2) is 6.50. The molecule has 0 aromatic heterocycles. The zero-order chi connectivity index (χ0) is 13.0. The van der Waals surface area contributed by atoms with Crippen LogP contribution in [0.1, 0.15) is 32.1 Å². The van der Waals surface area contributed by atoms with Crippen molar-refractivity contribution < 1.29 is 9.53 Å². The summed E-state index contributed by atoms with van der Waals surface area (Å²) in [6.45, 7) is 2.98. The average Bonchev–Trinajstić information content (AvgIpc) is 2.94. The molecule has 3 unspecified atom stereocenters. The molecule has 0 aliphatic carbocycles. The number of nitrogens with zero attached hydrogens (tertiary/aromatic N) is 1. The van der Waals surface area contributed by atoms with Crippen molar-refractivity contribution in [3.63, 3.8) is 0 Å². The molecule has 2 aliphatic rings. The van der Waals surface area contributed by atoms with Crippen LogP contribution in [-0.4, -0.2) is 55.7 Å². The molecule has 0 saturated carbocycles. The fourth-order valence-corrected chi connectivity index (χ4v) is 3.12. The van der Waals surface area contributed by atoms with Crippen LogP contribution in [-0.2, 0) is 9.53 Å². The summed E-state index contributed by atoms with van der Waals surface area (Å²) in [6, 6.07) is 0.476. The van der Waals surface area contributed by atoms with Crippen molar-refractivity contribution in [3.05, 3.63) is 0 Å². The van der Waals surface area contributed by atoms with Crippen molar-refractivity contribution >= 4 is 5.91 Å². The van der Waals surface area contributed by atoms with Gasteiger partial charge in [-0.25, -0.2) is 0 Å². The normalized spacial score (nSPS) is 29.2. The molecule has 18 heavy (non-hydrogen) atoms. The van der Waals surface area contributed by atoms with E-state index < -0.39 is 6.04 Å². The summed E-state index contributed by atoms with van der Waals surface area (Å²) in [6.07, 6.45) is 5.08. The van der Waals surface area contributed by atoms with Crippen molar-refractivity contribution in [2.75, 3.05) is 26.8 Å². The lowest BCUT2D eigenvalue weighted by Gasteiger charge is -2.22. The SMILES string of the molecule is COCCCC(N)C(=O)NC1CCN2CCCC12. The molecule has 0 aromatic rings. The van der Waals surface area contributed by atoms with Gasteiger partial charge in [-0.1, -0.05) is 0 Å². The third-order valence-corrected chi connectivity index (χ3v) is 4.13. The fraction of sp³-hybridized carbons (Fsp3) is 0.923.